The van der Waals surface area contributed by atoms with E-state index >= 15 is 0 Å². The van der Waals surface area contributed by atoms with Gasteiger partial charge in [0.15, 0.2) is 0 Å². The minimum atomic E-state index is 0.233. The molecule has 1 heterocycles. The second-order valence-electron chi connectivity index (χ2n) is 5.39. The lowest BCUT2D eigenvalue weighted by molar-refractivity contribution is 0.754. The summed E-state index contributed by atoms with van der Waals surface area (Å²) in [6, 6.07) is 0. The molecular weight excluding hydrogens is 248 g/mol. The number of H-pyrrole nitrogens is 1. The van der Waals surface area contributed by atoms with E-state index in [4.69, 9.17) is 10.7 Å². The highest BCUT2D eigenvalue weighted by Gasteiger charge is 2.18. The number of hydrogen-bond donors (Lipinski definition) is 3. The van der Waals surface area contributed by atoms with E-state index in [2.05, 4.69) is 35.1 Å². The van der Waals surface area contributed by atoms with E-state index in [0.717, 1.165) is 52.9 Å². The van der Waals surface area contributed by atoms with Gasteiger partial charge in [-0.1, -0.05) is 24.8 Å². The summed E-state index contributed by atoms with van der Waals surface area (Å²) in [6.45, 7) is 5.79. The van der Waals surface area contributed by atoms with E-state index in [-0.39, 0.29) is 5.92 Å². The van der Waals surface area contributed by atoms with Crippen LogP contribution in [-0.4, -0.2) is 9.97 Å². The Balaban J connectivity index is 1.93. The van der Waals surface area contributed by atoms with Gasteiger partial charge in [0.25, 0.3) is 0 Å². The molecule has 0 saturated heterocycles. The highest BCUT2D eigenvalue weighted by atomic mass is 14.9. The van der Waals surface area contributed by atoms with Crippen LogP contribution in [0.3, 0.4) is 0 Å². The van der Waals surface area contributed by atoms with E-state index in [1.54, 1.807) is 0 Å². The third-order valence-electron chi connectivity index (χ3n) is 3.60. The maximum Gasteiger partial charge on any atom is 0.114 e. The van der Waals surface area contributed by atoms with Gasteiger partial charge in [0.1, 0.15) is 5.82 Å². The summed E-state index contributed by atoms with van der Waals surface area (Å²) < 4.78 is 0. The lowest BCUT2D eigenvalue weighted by Gasteiger charge is -2.19. The molecule has 104 valence electrons. The summed E-state index contributed by atoms with van der Waals surface area (Å²) in [7, 11) is 0. The predicted octanol–water partition coefficient (Wildman–Crippen LogP) is 1.10. The van der Waals surface area contributed by atoms with Crippen molar-refractivity contribution < 1.29 is 0 Å². The van der Waals surface area contributed by atoms with Crippen molar-refractivity contribution in [2.24, 2.45) is 5.73 Å². The monoisotopic (exact) mass is 268 g/mol. The van der Waals surface area contributed by atoms with E-state index in [1.165, 1.54) is 0 Å². The van der Waals surface area contributed by atoms with Crippen molar-refractivity contribution in [2.75, 3.05) is 0 Å². The first-order valence-corrected chi connectivity index (χ1v) is 7.00. The number of rotatable bonds is 3. The van der Waals surface area contributed by atoms with Crippen LogP contribution < -0.4 is 21.7 Å². The Morgan fingerprint density at radius 1 is 1.40 bits per heavy atom. The molecule has 3 rings (SSSR count). The smallest absolute Gasteiger partial charge is 0.114 e. The topological polar surface area (TPSA) is 66.7 Å². The number of nitrogens with one attached hydrogen (secondary N) is 2. The van der Waals surface area contributed by atoms with E-state index in [9.17, 15) is 0 Å². The summed E-state index contributed by atoms with van der Waals surface area (Å²) in [5.74, 6) is 1.24. The zero-order valence-electron chi connectivity index (χ0n) is 11.7. The van der Waals surface area contributed by atoms with Crippen LogP contribution in [0.25, 0.3) is 12.2 Å². The van der Waals surface area contributed by atoms with Gasteiger partial charge in [-0.15, -0.1) is 0 Å². The lowest BCUT2D eigenvalue weighted by Crippen LogP contribution is -2.26. The molecule has 0 spiro atoms. The quantitative estimate of drug-likeness (QED) is 0.769. The normalized spacial score (nSPS) is 20.9. The highest BCUT2D eigenvalue weighted by molar-refractivity contribution is 5.38. The zero-order chi connectivity index (χ0) is 14.1. The van der Waals surface area contributed by atoms with E-state index in [1.807, 2.05) is 13.0 Å². The molecule has 20 heavy (non-hydrogen) atoms. The molecule has 1 atom stereocenters. The fourth-order valence-corrected chi connectivity index (χ4v) is 2.62. The van der Waals surface area contributed by atoms with Crippen molar-refractivity contribution in [3.8, 4) is 0 Å². The number of hydrogen-bond acceptors (Lipinski definition) is 3. The van der Waals surface area contributed by atoms with Crippen molar-refractivity contribution >= 4 is 12.2 Å². The van der Waals surface area contributed by atoms with Crippen LogP contribution in [0.1, 0.15) is 37.9 Å². The third-order valence-corrected chi connectivity index (χ3v) is 3.60. The van der Waals surface area contributed by atoms with E-state index < -0.39 is 0 Å². The second-order valence-corrected chi connectivity index (χ2v) is 5.39. The summed E-state index contributed by atoms with van der Waals surface area (Å²) in [5, 5.41) is 5.44. The van der Waals surface area contributed by atoms with Crippen molar-refractivity contribution in [1.29, 1.82) is 0 Å². The van der Waals surface area contributed by atoms with Gasteiger partial charge in [0.05, 0.1) is 22.1 Å². The second kappa shape index (κ2) is 5.04. The van der Waals surface area contributed by atoms with Gasteiger partial charge in [-0.2, -0.15) is 0 Å². The molecular formula is C16H20N4. The minimum absolute atomic E-state index is 0.233. The first-order chi connectivity index (χ1) is 9.63. The molecule has 0 fully saturated rings. The molecule has 4 N–H and O–H groups in total. The van der Waals surface area contributed by atoms with Crippen molar-refractivity contribution in [3.63, 3.8) is 0 Å². The largest absolute Gasteiger partial charge is 0.397 e. The average Bonchev–Trinajstić information content (AvgIpc) is 2.84. The Kier molecular flexibility index (Phi) is 3.22. The Morgan fingerprint density at radius 2 is 2.20 bits per heavy atom. The average molecular weight is 268 g/mol. The first-order valence-electron chi connectivity index (χ1n) is 7.00. The summed E-state index contributed by atoms with van der Waals surface area (Å²) in [4.78, 5) is 8.14. The molecule has 1 unspecified atom stereocenters. The lowest BCUT2D eigenvalue weighted by atomic mass is 9.96. The first kappa shape index (κ1) is 12.8. The fraction of sp³-hybridized carbons (Fsp3) is 0.312. The third kappa shape index (κ3) is 2.41. The number of nitrogens with zero attached hydrogens (tertiary/aromatic N) is 1. The zero-order valence-corrected chi connectivity index (χ0v) is 11.7. The number of imidazole rings is 1. The molecule has 4 nitrogen and oxygen atoms in total. The number of fused-ring (bicyclic) bond motifs is 1. The standard InChI is InChI=1S/C16H20N4/c1-10(2)18-15-9-11(7-8-12(15)17)16-19-13-5-3-4-6-14(13)20-16/h5-6,8-9,11,18H,1,3-4,7,17H2,2H3,(H,19,20). The van der Waals surface area contributed by atoms with Crippen LogP contribution in [0, 0.1) is 0 Å². The molecule has 4 heteroatoms. The van der Waals surface area contributed by atoms with Crippen LogP contribution in [0.15, 0.2) is 35.8 Å². The van der Waals surface area contributed by atoms with Crippen molar-refractivity contribution in [1.82, 2.24) is 15.3 Å². The Bertz CT molecular complexity index is 685. The van der Waals surface area contributed by atoms with Crippen LogP contribution >= 0.6 is 0 Å². The maximum atomic E-state index is 6.01. The Morgan fingerprint density at radius 3 is 2.95 bits per heavy atom. The van der Waals surface area contributed by atoms with Gasteiger partial charge in [-0.25, -0.2) is 4.98 Å². The number of aromatic amines is 1. The molecule has 0 saturated carbocycles. The van der Waals surface area contributed by atoms with Gasteiger partial charge in [-0.05, 0) is 32.3 Å². The molecule has 0 aromatic carbocycles. The van der Waals surface area contributed by atoms with Gasteiger partial charge >= 0.3 is 0 Å². The number of nitrogens with two attached hydrogens (primary N) is 1. The van der Waals surface area contributed by atoms with Crippen molar-refractivity contribution in [2.45, 2.75) is 32.1 Å². The van der Waals surface area contributed by atoms with Gasteiger partial charge < -0.3 is 16.0 Å². The molecule has 2 aliphatic rings. The Hall–Kier alpha value is -2.23. The van der Waals surface area contributed by atoms with Crippen LogP contribution in [-0.2, 0) is 0 Å². The summed E-state index contributed by atoms with van der Waals surface area (Å²) >= 11 is 0. The van der Waals surface area contributed by atoms with Gasteiger partial charge in [-0.3, -0.25) is 0 Å². The molecule has 2 aliphatic carbocycles. The molecule has 1 aromatic heterocycles. The maximum absolute atomic E-state index is 6.01. The highest BCUT2D eigenvalue weighted by Crippen LogP contribution is 2.25. The number of aromatic nitrogens is 2. The molecule has 1 aromatic rings. The minimum Gasteiger partial charge on any atom is -0.397 e. The SMILES string of the molecule is C=C(C)NC1=CC(c2nc3c([nH]2)=CCCC=3)CC=C1N. The van der Waals surface area contributed by atoms with Crippen LogP contribution in [0.5, 0.6) is 0 Å². The van der Waals surface area contributed by atoms with E-state index in [0.29, 0.717) is 0 Å². The molecule has 0 amide bonds. The summed E-state index contributed by atoms with van der Waals surface area (Å²) in [5.41, 5.74) is 8.60. The molecule has 0 radical (unpaired) electrons. The fourth-order valence-electron chi connectivity index (χ4n) is 2.62. The summed E-state index contributed by atoms with van der Waals surface area (Å²) in [6.07, 6.45) is 11.6. The molecule has 0 aliphatic heterocycles. The Labute approximate surface area is 118 Å². The van der Waals surface area contributed by atoms with Gasteiger partial charge in [0.2, 0.25) is 0 Å². The number of allylic oxidation sites excluding steroid dienone is 3. The predicted molar refractivity (Wildman–Crippen MR) is 81.7 cm³/mol. The van der Waals surface area contributed by atoms with Crippen molar-refractivity contribution in [3.05, 3.63) is 52.3 Å². The van der Waals surface area contributed by atoms with Crippen LogP contribution in [0.2, 0.25) is 0 Å². The molecule has 0 bridgehead atoms. The van der Waals surface area contributed by atoms with Gasteiger partial charge in [0, 0.05) is 11.6 Å². The van der Waals surface area contributed by atoms with Crippen LogP contribution in [0.4, 0.5) is 0 Å².